The molecule has 2 fully saturated rings. The molecule has 1 heterocycles. The van der Waals surface area contributed by atoms with Gasteiger partial charge in [0.1, 0.15) is 0 Å². The van der Waals surface area contributed by atoms with Gasteiger partial charge < -0.3 is 5.73 Å². The van der Waals surface area contributed by atoms with Crippen LogP contribution in [0.25, 0.3) is 0 Å². The fourth-order valence-electron chi connectivity index (χ4n) is 3.41. The molecule has 5 heteroatoms. The summed E-state index contributed by atoms with van der Waals surface area (Å²) in [5.41, 5.74) is 6.08. The summed E-state index contributed by atoms with van der Waals surface area (Å²) in [7, 11) is -2.92. The zero-order valence-corrected chi connectivity index (χ0v) is 12.3. The van der Waals surface area contributed by atoms with Gasteiger partial charge in [0.15, 0.2) is 9.84 Å². The normalized spacial score (nSPS) is 32.7. The van der Waals surface area contributed by atoms with Crippen LogP contribution in [0.1, 0.15) is 39.5 Å². The molecule has 2 aliphatic rings. The van der Waals surface area contributed by atoms with Gasteiger partial charge in [0.25, 0.3) is 0 Å². The first-order valence-corrected chi connectivity index (χ1v) is 8.93. The van der Waals surface area contributed by atoms with E-state index in [4.69, 9.17) is 5.73 Å². The van der Waals surface area contributed by atoms with Gasteiger partial charge in [0.05, 0.1) is 11.5 Å². The van der Waals surface area contributed by atoms with E-state index in [-0.39, 0.29) is 23.6 Å². The third-order valence-electron chi connectivity index (χ3n) is 4.16. The quantitative estimate of drug-likeness (QED) is 0.831. The molecule has 0 aromatic rings. The van der Waals surface area contributed by atoms with Crippen LogP contribution in [0.15, 0.2) is 0 Å². The van der Waals surface area contributed by atoms with E-state index in [1.54, 1.807) is 0 Å². The van der Waals surface area contributed by atoms with Gasteiger partial charge in [0.2, 0.25) is 0 Å². The molecule has 1 aliphatic heterocycles. The van der Waals surface area contributed by atoms with E-state index in [1.807, 2.05) is 0 Å². The predicted octanol–water partition coefficient (Wildman–Crippen LogP) is 1.01. The molecule has 0 amide bonds. The van der Waals surface area contributed by atoms with Crippen LogP contribution in [0.2, 0.25) is 0 Å². The molecule has 2 unspecified atom stereocenters. The Bertz CT molecular complexity index is 374. The highest BCUT2D eigenvalue weighted by Gasteiger charge is 2.41. The van der Waals surface area contributed by atoms with Gasteiger partial charge >= 0.3 is 0 Å². The van der Waals surface area contributed by atoms with Crippen molar-refractivity contribution in [2.75, 3.05) is 18.1 Å². The van der Waals surface area contributed by atoms with Crippen LogP contribution >= 0.6 is 0 Å². The van der Waals surface area contributed by atoms with Crippen molar-refractivity contribution in [3.8, 4) is 0 Å². The van der Waals surface area contributed by atoms with E-state index in [2.05, 4.69) is 18.7 Å². The van der Waals surface area contributed by atoms with Crippen molar-refractivity contribution in [3.63, 3.8) is 0 Å². The average Bonchev–Trinajstić information content (AvgIpc) is 2.82. The highest BCUT2D eigenvalue weighted by Crippen LogP contribution is 2.29. The van der Waals surface area contributed by atoms with Gasteiger partial charge in [0, 0.05) is 24.7 Å². The van der Waals surface area contributed by atoms with Crippen molar-refractivity contribution in [3.05, 3.63) is 0 Å². The van der Waals surface area contributed by atoms with Crippen LogP contribution in [-0.2, 0) is 9.84 Å². The maximum Gasteiger partial charge on any atom is 0.153 e. The van der Waals surface area contributed by atoms with Crippen LogP contribution in [0.4, 0.5) is 0 Å². The summed E-state index contributed by atoms with van der Waals surface area (Å²) in [5, 5.41) is 0. The lowest BCUT2D eigenvalue weighted by Crippen LogP contribution is -2.52. The summed E-state index contributed by atoms with van der Waals surface area (Å²) in [6.45, 7) is 5.35. The molecule has 2 rings (SSSR count). The molecule has 0 aromatic carbocycles. The van der Waals surface area contributed by atoms with E-state index >= 15 is 0 Å². The number of hydrogen-bond acceptors (Lipinski definition) is 4. The van der Waals surface area contributed by atoms with Gasteiger partial charge in [-0.1, -0.05) is 26.7 Å². The van der Waals surface area contributed by atoms with Gasteiger partial charge in [-0.25, -0.2) is 8.42 Å². The average molecular weight is 274 g/mol. The second-order valence-corrected chi connectivity index (χ2v) is 8.49. The van der Waals surface area contributed by atoms with Crippen molar-refractivity contribution in [2.24, 2.45) is 11.7 Å². The predicted molar refractivity (Wildman–Crippen MR) is 74.2 cm³/mol. The van der Waals surface area contributed by atoms with Crippen molar-refractivity contribution in [2.45, 2.75) is 57.7 Å². The molecule has 0 aromatic heterocycles. The maximum absolute atomic E-state index is 11.7. The molecule has 0 spiro atoms. The Hall–Kier alpha value is -0.130. The maximum atomic E-state index is 11.7. The number of rotatable bonds is 4. The summed E-state index contributed by atoms with van der Waals surface area (Å²) in [4.78, 5) is 2.41. The van der Waals surface area contributed by atoms with Crippen LogP contribution in [0.3, 0.4) is 0 Å². The number of nitrogens with zero attached hydrogens (tertiary/aromatic N) is 1. The minimum Gasteiger partial charge on any atom is -0.325 e. The molecule has 4 nitrogen and oxygen atoms in total. The Kier molecular flexibility index (Phi) is 4.34. The summed E-state index contributed by atoms with van der Waals surface area (Å²) in [6.07, 6.45) is 4.95. The smallest absolute Gasteiger partial charge is 0.153 e. The lowest BCUT2D eigenvalue weighted by atomic mass is 10.0. The van der Waals surface area contributed by atoms with Gasteiger partial charge in [-0.3, -0.25) is 4.90 Å². The van der Waals surface area contributed by atoms with Crippen LogP contribution in [0, 0.1) is 5.92 Å². The first-order valence-electron chi connectivity index (χ1n) is 7.11. The van der Waals surface area contributed by atoms with E-state index < -0.39 is 9.84 Å². The van der Waals surface area contributed by atoms with Gasteiger partial charge in [-0.2, -0.15) is 0 Å². The largest absolute Gasteiger partial charge is 0.325 e. The molecular weight excluding hydrogens is 248 g/mol. The molecule has 0 radical (unpaired) electrons. The second kappa shape index (κ2) is 5.47. The topological polar surface area (TPSA) is 63.4 Å². The second-order valence-electron chi connectivity index (χ2n) is 6.34. The summed E-state index contributed by atoms with van der Waals surface area (Å²) in [5.74, 6) is 0.984. The van der Waals surface area contributed by atoms with Crippen molar-refractivity contribution in [1.29, 1.82) is 0 Å². The summed E-state index contributed by atoms with van der Waals surface area (Å²) in [6, 6.07) is 0.395. The van der Waals surface area contributed by atoms with Crippen molar-refractivity contribution in [1.82, 2.24) is 4.90 Å². The van der Waals surface area contributed by atoms with E-state index in [0.29, 0.717) is 12.0 Å². The minimum atomic E-state index is -2.92. The summed E-state index contributed by atoms with van der Waals surface area (Å²) < 4.78 is 23.5. The Morgan fingerprint density at radius 2 is 1.83 bits per heavy atom. The Morgan fingerprint density at radius 3 is 2.28 bits per heavy atom. The first kappa shape index (κ1) is 14.3. The molecular formula is C13H26N2O2S. The molecule has 1 aliphatic carbocycles. The molecule has 1 saturated heterocycles. The Balaban J connectivity index is 2.13. The zero-order valence-electron chi connectivity index (χ0n) is 11.5. The van der Waals surface area contributed by atoms with Crippen molar-refractivity contribution >= 4 is 9.84 Å². The van der Waals surface area contributed by atoms with E-state index in [1.165, 1.54) is 25.7 Å². The standard InChI is InChI=1S/C13H26N2O2S/c1-10(2)7-15(11-5-3-4-6-11)13-9-18(16,17)8-12(13)14/h10-13H,3-9,14H2,1-2H3. The number of sulfone groups is 1. The first-order chi connectivity index (χ1) is 8.39. The van der Waals surface area contributed by atoms with E-state index in [9.17, 15) is 8.42 Å². The molecule has 18 heavy (non-hydrogen) atoms. The monoisotopic (exact) mass is 274 g/mol. The summed E-state index contributed by atoms with van der Waals surface area (Å²) >= 11 is 0. The number of nitrogens with two attached hydrogens (primary N) is 1. The van der Waals surface area contributed by atoms with Gasteiger partial charge in [-0.05, 0) is 18.8 Å². The fourth-order valence-corrected chi connectivity index (χ4v) is 5.31. The lowest BCUT2D eigenvalue weighted by Gasteiger charge is -2.37. The number of hydrogen-bond donors (Lipinski definition) is 1. The molecule has 2 atom stereocenters. The molecule has 1 saturated carbocycles. The minimum absolute atomic E-state index is 0.0421. The SMILES string of the molecule is CC(C)CN(C1CCCC1)C1CS(=O)(=O)CC1N. The van der Waals surface area contributed by atoms with Crippen molar-refractivity contribution < 1.29 is 8.42 Å². The molecule has 2 N–H and O–H groups in total. The van der Waals surface area contributed by atoms with Crippen LogP contribution < -0.4 is 5.73 Å². The van der Waals surface area contributed by atoms with Crippen LogP contribution in [-0.4, -0.2) is 49.5 Å². The molecule has 0 bridgehead atoms. The third kappa shape index (κ3) is 3.25. The lowest BCUT2D eigenvalue weighted by molar-refractivity contribution is 0.121. The highest BCUT2D eigenvalue weighted by molar-refractivity contribution is 7.91. The fraction of sp³-hybridized carbons (Fsp3) is 1.00. The Morgan fingerprint density at radius 1 is 1.22 bits per heavy atom. The van der Waals surface area contributed by atoms with Gasteiger partial charge in [-0.15, -0.1) is 0 Å². The highest BCUT2D eigenvalue weighted by atomic mass is 32.2. The molecule has 106 valence electrons. The third-order valence-corrected chi connectivity index (χ3v) is 5.90. The Labute approximate surface area is 111 Å². The zero-order chi connectivity index (χ0) is 13.3. The van der Waals surface area contributed by atoms with E-state index in [0.717, 1.165) is 6.54 Å². The van der Waals surface area contributed by atoms with Crippen LogP contribution in [0.5, 0.6) is 0 Å².